The molecule has 0 saturated carbocycles. The van der Waals surface area contributed by atoms with E-state index in [0.29, 0.717) is 19.5 Å². The van der Waals surface area contributed by atoms with E-state index in [9.17, 15) is 13.2 Å². The second-order valence-electron chi connectivity index (χ2n) is 4.45. The minimum Gasteiger partial charge on any atom is -0.353 e. The first-order valence-corrected chi connectivity index (χ1v) is 7.28. The van der Waals surface area contributed by atoms with Crippen LogP contribution in [0.25, 0.3) is 0 Å². The molecule has 3 N–H and O–H groups in total. The van der Waals surface area contributed by atoms with Crippen LogP contribution in [0, 0.1) is 0 Å². The lowest BCUT2D eigenvalue weighted by molar-refractivity contribution is -0.121. The van der Waals surface area contributed by atoms with E-state index < -0.39 is 10.2 Å². The molecule has 0 aliphatic rings. The fourth-order valence-corrected chi connectivity index (χ4v) is 2.43. The molecule has 8 heteroatoms. The molecule has 0 bridgehead atoms. The molecule has 0 aliphatic carbocycles. The molecule has 18 heavy (non-hydrogen) atoms. The molecule has 0 heterocycles. The summed E-state index contributed by atoms with van der Waals surface area (Å²) in [5, 5.41) is 2.64. The summed E-state index contributed by atoms with van der Waals surface area (Å²) in [6.45, 7) is 4.22. The number of rotatable bonds is 8. The van der Waals surface area contributed by atoms with Crippen LogP contribution in [0.15, 0.2) is 0 Å². The lowest BCUT2D eigenvalue weighted by atomic mass is 10.4. The summed E-state index contributed by atoms with van der Waals surface area (Å²) < 4.78 is 26.2. The van der Waals surface area contributed by atoms with Crippen LogP contribution in [0.3, 0.4) is 0 Å². The highest BCUT2D eigenvalue weighted by Crippen LogP contribution is 2.04. The molecule has 0 spiro atoms. The SMILES string of the molecule is CC(C)NC(=O)CN(C)S(=O)(=O)N(C)CCCN. The number of hydrogen-bond donors (Lipinski definition) is 2. The average Bonchev–Trinajstić information content (AvgIpc) is 2.24. The Hall–Kier alpha value is -0.700. The Labute approximate surface area is 109 Å². The zero-order valence-electron chi connectivity index (χ0n) is 11.5. The molecule has 0 rings (SSSR count). The Morgan fingerprint density at radius 2 is 1.83 bits per heavy atom. The number of carbonyl (C=O) groups excluding carboxylic acids is 1. The topological polar surface area (TPSA) is 95.7 Å². The third kappa shape index (κ3) is 5.76. The van der Waals surface area contributed by atoms with Gasteiger partial charge in [-0.05, 0) is 26.8 Å². The maximum Gasteiger partial charge on any atom is 0.281 e. The Kier molecular flexibility index (Phi) is 7.37. The molecule has 0 atom stereocenters. The molecule has 0 aromatic heterocycles. The number of nitrogens with zero attached hydrogens (tertiary/aromatic N) is 2. The van der Waals surface area contributed by atoms with Gasteiger partial charge in [-0.25, -0.2) is 0 Å². The highest BCUT2D eigenvalue weighted by atomic mass is 32.2. The smallest absolute Gasteiger partial charge is 0.281 e. The molecule has 108 valence electrons. The van der Waals surface area contributed by atoms with Gasteiger partial charge < -0.3 is 11.1 Å². The molecule has 7 nitrogen and oxygen atoms in total. The zero-order chi connectivity index (χ0) is 14.3. The van der Waals surface area contributed by atoms with Gasteiger partial charge in [-0.1, -0.05) is 0 Å². The van der Waals surface area contributed by atoms with Crippen LogP contribution in [0.4, 0.5) is 0 Å². The summed E-state index contributed by atoms with van der Waals surface area (Å²) in [6, 6.07) is -0.0106. The van der Waals surface area contributed by atoms with E-state index in [1.807, 2.05) is 13.8 Å². The van der Waals surface area contributed by atoms with Crippen molar-refractivity contribution in [2.45, 2.75) is 26.3 Å². The lowest BCUT2D eigenvalue weighted by Crippen LogP contribution is -2.46. The molecule has 0 aliphatic heterocycles. The first-order valence-electron chi connectivity index (χ1n) is 5.88. The monoisotopic (exact) mass is 280 g/mol. The van der Waals surface area contributed by atoms with Crippen molar-refractivity contribution in [1.82, 2.24) is 13.9 Å². The summed E-state index contributed by atoms with van der Waals surface area (Å²) in [5.74, 6) is -0.316. The molecular formula is C10H24N4O3S. The molecule has 0 unspecified atom stereocenters. The predicted molar refractivity (Wildman–Crippen MR) is 71.1 cm³/mol. The van der Waals surface area contributed by atoms with Gasteiger partial charge in [0.2, 0.25) is 5.91 Å². The van der Waals surface area contributed by atoms with E-state index >= 15 is 0 Å². The van der Waals surface area contributed by atoms with Crippen molar-refractivity contribution in [1.29, 1.82) is 0 Å². The van der Waals surface area contributed by atoms with Gasteiger partial charge in [-0.15, -0.1) is 0 Å². The molecule has 1 amide bonds. The maximum atomic E-state index is 12.0. The minimum atomic E-state index is -3.59. The molecule has 0 saturated heterocycles. The number of likely N-dealkylation sites (N-methyl/N-ethyl adjacent to an activating group) is 1. The van der Waals surface area contributed by atoms with Crippen LogP contribution >= 0.6 is 0 Å². The summed E-state index contributed by atoms with van der Waals surface area (Å²) >= 11 is 0. The molecule has 0 aromatic carbocycles. The summed E-state index contributed by atoms with van der Waals surface area (Å²) in [4.78, 5) is 11.5. The van der Waals surface area contributed by atoms with Crippen molar-refractivity contribution in [3.63, 3.8) is 0 Å². The third-order valence-corrected chi connectivity index (χ3v) is 4.17. The van der Waals surface area contributed by atoms with E-state index in [2.05, 4.69) is 5.32 Å². The highest BCUT2D eigenvalue weighted by Gasteiger charge is 2.24. The van der Waals surface area contributed by atoms with Gasteiger partial charge in [0.05, 0.1) is 6.54 Å². The summed E-state index contributed by atoms with van der Waals surface area (Å²) in [5.41, 5.74) is 5.33. The van der Waals surface area contributed by atoms with Gasteiger partial charge in [0.25, 0.3) is 10.2 Å². The maximum absolute atomic E-state index is 12.0. The van der Waals surface area contributed by atoms with Crippen molar-refractivity contribution >= 4 is 16.1 Å². The van der Waals surface area contributed by atoms with Gasteiger partial charge in [-0.2, -0.15) is 17.0 Å². The number of carbonyl (C=O) groups is 1. The molecule has 0 aromatic rings. The van der Waals surface area contributed by atoms with Crippen molar-refractivity contribution in [3.8, 4) is 0 Å². The fraction of sp³-hybridized carbons (Fsp3) is 0.900. The minimum absolute atomic E-state index is 0.0106. The van der Waals surface area contributed by atoms with E-state index in [1.54, 1.807) is 0 Å². The first kappa shape index (κ1) is 17.3. The number of nitrogens with one attached hydrogen (secondary N) is 1. The van der Waals surface area contributed by atoms with Crippen LogP contribution in [0.1, 0.15) is 20.3 Å². The van der Waals surface area contributed by atoms with Gasteiger partial charge in [-0.3, -0.25) is 4.79 Å². The van der Waals surface area contributed by atoms with Gasteiger partial charge in [0.15, 0.2) is 0 Å². The summed E-state index contributed by atoms with van der Waals surface area (Å²) in [6.07, 6.45) is 0.585. The van der Waals surface area contributed by atoms with Crippen molar-refractivity contribution in [3.05, 3.63) is 0 Å². The Bertz CT molecular complexity index is 356. The van der Waals surface area contributed by atoms with Gasteiger partial charge in [0, 0.05) is 26.7 Å². The quantitative estimate of drug-likeness (QED) is 0.594. The van der Waals surface area contributed by atoms with E-state index in [-0.39, 0.29) is 18.5 Å². The number of nitrogens with two attached hydrogens (primary N) is 1. The van der Waals surface area contributed by atoms with Crippen LogP contribution in [-0.4, -0.2) is 62.7 Å². The van der Waals surface area contributed by atoms with Crippen LogP contribution < -0.4 is 11.1 Å². The fourth-order valence-electron chi connectivity index (χ4n) is 1.32. The van der Waals surface area contributed by atoms with Crippen LogP contribution in [0.2, 0.25) is 0 Å². The first-order chi connectivity index (χ1) is 8.21. The van der Waals surface area contributed by atoms with Crippen molar-refractivity contribution in [2.75, 3.05) is 33.7 Å². The second kappa shape index (κ2) is 7.67. The van der Waals surface area contributed by atoms with Gasteiger partial charge in [0.1, 0.15) is 0 Å². The Morgan fingerprint density at radius 3 is 2.28 bits per heavy atom. The lowest BCUT2D eigenvalue weighted by Gasteiger charge is -2.24. The number of hydrogen-bond acceptors (Lipinski definition) is 4. The summed E-state index contributed by atoms with van der Waals surface area (Å²) in [7, 11) is -0.735. The van der Waals surface area contributed by atoms with E-state index in [1.165, 1.54) is 18.4 Å². The van der Waals surface area contributed by atoms with Crippen molar-refractivity contribution < 1.29 is 13.2 Å². The van der Waals surface area contributed by atoms with Crippen molar-refractivity contribution in [2.24, 2.45) is 5.73 Å². The molecule has 0 fully saturated rings. The van der Waals surface area contributed by atoms with E-state index in [4.69, 9.17) is 5.73 Å². The average molecular weight is 280 g/mol. The molecule has 0 radical (unpaired) electrons. The normalized spacial score (nSPS) is 12.4. The highest BCUT2D eigenvalue weighted by molar-refractivity contribution is 7.86. The van der Waals surface area contributed by atoms with Crippen LogP contribution in [0.5, 0.6) is 0 Å². The third-order valence-electron chi connectivity index (χ3n) is 2.28. The largest absolute Gasteiger partial charge is 0.353 e. The predicted octanol–water partition coefficient (Wildman–Crippen LogP) is -1.03. The Morgan fingerprint density at radius 1 is 1.28 bits per heavy atom. The number of amides is 1. The van der Waals surface area contributed by atoms with Crippen LogP contribution in [-0.2, 0) is 15.0 Å². The zero-order valence-corrected chi connectivity index (χ0v) is 12.3. The standard InChI is InChI=1S/C10H24N4O3S/c1-9(2)12-10(15)8-14(4)18(16,17)13(3)7-5-6-11/h9H,5-8,11H2,1-4H3,(H,12,15). The Balaban J connectivity index is 4.47. The molecular weight excluding hydrogens is 256 g/mol. The van der Waals surface area contributed by atoms with Gasteiger partial charge >= 0.3 is 0 Å². The second-order valence-corrected chi connectivity index (χ2v) is 6.59. The van der Waals surface area contributed by atoms with E-state index in [0.717, 1.165) is 4.31 Å².